The molecule has 0 unspecified atom stereocenters. The molecule has 0 radical (unpaired) electrons. The number of hydrogen-bond donors (Lipinski definition) is 1. The summed E-state index contributed by atoms with van der Waals surface area (Å²) in [7, 11) is 0. The fraction of sp³-hybridized carbons (Fsp3) is 0.812. The maximum absolute atomic E-state index is 6.18. The van der Waals surface area contributed by atoms with Crippen molar-refractivity contribution in [2.45, 2.75) is 64.0 Å². The first-order valence-corrected chi connectivity index (χ1v) is 8.21. The van der Waals surface area contributed by atoms with Gasteiger partial charge in [0.15, 0.2) is 0 Å². The number of imidazole rings is 1. The Morgan fingerprint density at radius 1 is 1.25 bits per heavy atom. The summed E-state index contributed by atoms with van der Waals surface area (Å²) in [5.74, 6) is 0. The molecule has 20 heavy (non-hydrogen) atoms. The summed E-state index contributed by atoms with van der Waals surface area (Å²) in [5, 5.41) is 0. The maximum atomic E-state index is 6.18. The SMILES string of the molecule is CCCN(CCCn1ccnc1)C1(CN)CCCCC1. The zero-order valence-corrected chi connectivity index (χ0v) is 12.9. The molecule has 0 aliphatic heterocycles. The molecule has 0 amide bonds. The summed E-state index contributed by atoms with van der Waals surface area (Å²) >= 11 is 0. The van der Waals surface area contributed by atoms with Crippen LogP contribution in [0.1, 0.15) is 51.9 Å². The number of nitrogens with two attached hydrogens (primary N) is 1. The summed E-state index contributed by atoms with van der Waals surface area (Å²) in [6.45, 7) is 6.49. The molecule has 1 aromatic rings. The molecule has 114 valence electrons. The largest absolute Gasteiger partial charge is 0.337 e. The Bertz CT molecular complexity index is 355. The molecule has 0 spiro atoms. The minimum atomic E-state index is 0.281. The molecule has 4 nitrogen and oxygen atoms in total. The van der Waals surface area contributed by atoms with Gasteiger partial charge in [0.2, 0.25) is 0 Å². The average molecular weight is 278 g/mol. The Morgan fingerprint density at radius 2 is 2.05 bits per heavy atom. The van der Waals surface area contributed by atoms with Crippen molar-refractivity contribution in [1.82, 2.24) is 14.5 Å². The highest BCUT2D eigenvalue weighted by Crippen LogP contribution is 2.33. The second-order valence-corrected chi connectivity index (χ2v) is 6.13. The first-order chi connectivity index (χ1) is 9.80. The van der Waals surface area contributed by atoms with E-state index in [1.165, 1.54) is 51.5 Å². The summed E-state index contributed by atoms with van der Waals surface area (Å²) in [6, 6.07) is 0. The van der Waals surface area contributed by atoms with E-state index in [9.17, 15) is 0 Å². The molecular weight excluding hydrogens is 248 g/mol. The molecule has 1 fully saturated rings. The zero-order chi connectivity index (χ0) is 14.3. The molecule has 0 atom stereocenters. The third-order valence-electron chi connectivity index (χ3n) is 4.73. The van der Waals surface area contributed by atoms with Crippen molar-refractivity contribution < 1.29 is 0 Å². The standard InChI is InChI=1S/C16H30N4/c1-2-10-20(12-6-11-19-13-9-18-15-19)16(14-17)7-4-3-5-8-16/h9,13,15H,2-8,10-12,14,17H2,1H3. The lowest BCUT2D eigenvalue weighted by molar-refractivity contribution is 0.0546. The Morgan fingerprint density at radius 3 is 2.65 bits per heavy atom. The van der Waals surface area contributed by atoms with Crippen LogP contribution in [0.15, 0.2) is 18.7 Å². The van der Waals surface area contributed by atoms with Gasteiger partial charge in [-0.3, -0.25) is 4.90 Å². The lowest BCUT2D eigenvalue weighted by Gasteiger charge is -2.46. The molecule has 0 saturated heterocycles. The van der Waals surface area contributed by atoms with Gasteiger partial charge in [-0.15, -0.1) is 0 Å². The van der Waals surface area contributed by atoms with Crippen LogP contribution in [0, 0.1) is 0 Å². The molecule has 4 heteroatoms. The van der Waals surface area contributed by atoms with E-state index in [0.717, 1.165) is 19.6 Å². The average Bonchev–Trinajstić information content (AvgIpc) is 3.00. The smallest absolute Gasteiger partial charge is 0.0945 e. The van der Waals surface area contributed by atoms with E-state index in [4.69, 9.17) is 5.73 Å². The van der Waals surface area contributed by atoms with Crippen LogP contribution in [0.4, 0.5) is 0 Å². The van der Waals surface area contributed by atoms with Crippen LogP contribution in [0.3, 0.4) is 0 Å². The molecule has 1 aromatic heterocycles. The van der Waals surface area contributed by atoms with Crippen LogP contribution in [-0.2, 0) is 6.54 Å². The van der Waals surface area contributed by atoms with Gasteiger partial charge >= 0.3 is 0 Å². The van der Waals surface area contributed by atoms with Crippen molar-refractivity contribution in [1.29, 1.82) is 0 Å². The van der Waals surface area contributed by atoms with Gasteiger partial charge in [-0.1, -0.05) is 26.2 Å². The Hall–Kier alpha value is -0.870. The fourth-order valence-electron chi connectivity index (χ4n) is 3.58. The van der Waals surface area contributed by atoms with E-state index in [2.05, 4.69) is 21.4 Å². The predicted molar refractivity (Wildman–Crippen MR) is 83.6 cm³/mol. The molecule has 1 heterocycles. The minimum Gasteiger partial charge on any atom is -0.337 e. The van der Waals surface area contributed by atoms with Crippen molar-refractivity contribution in [3.63, 3.8) is 0 Å². The monoisotopic (exact) mass is 278 g/mol. The highest BCUT2D eigenvalue weighted by Gasteiger charge is 2.35. The van der Waals surface area contributed by atoms with Crippen molar-refractivity contribution in [3.05, 3.63) is 18.7 Å². The maximum Gasteiger partial charge on any atom is 0.0945 e. The van der Waals surface area contributed by atoms with E-state index < -0.39 is 0 Å². The number of aromatic nitrogens is 2. The molecule has 1 saturated carbocycles. The lowest BCUT2D eigenvalue weighted by Crippen LogP contribution is -2.55. The van der Waals surface area contributed by atoms with Gasteiger partial charge in [0.25, 0.3) is 0 Å². The summed E-state index contributed by atoms with van der Waals surface area (Å²) in [6.07, 6.45) is 14.8. The van der Waals surface area contributed by atoms with Gasteiger partial charge < -0.3 is 10.3 Å². The number of rotatable bonds is 8. The predicted octanol–water partition coefficient (Wildman–Crippen LogP) is 2.65. The third-order valence-corrected chi connectivity index (χ3v) is 4.73. The number of aryl methyl sites for hydroxylation is 1. The van der Waals surface area contributed by atoms with Crippen LogP contribution < -0.4 is 5.73 Å². The highest BCUT2D eigenvalue weighted by molar-refractivity contribution is 4.94. The normalized spacial score (nSPS) is 18.6. The Kier molecular flexibility index (Phi) is 6.05. The summed E-state index contributed by atoms with van der Waals surface area (Å²) in [5.41, 5.74) is 6.46. The quantitative estimate of drug-likeness (QED) is 0.795. The molecular formula is C16H30N4. The first kappa shape index (κ1) is 15.5. The van der Waals surface area contributed by atoms with Crippen LogP contribution in [-0.4, -0.2) is 39.6 Å². The van der Waals surface area contributed by atoms with Crippen LogP contribution >= 0.6 is 0 Å². The van der Waals surface area contributed by atoms with Crippen molar-refractivity contribution in [2.24, 2.45) is 5.73 Å². The van der Waals surface area contributed by atoms with Crippen molar-refractivity contribution in [3.8, 4) is 0 Å². The van der Waals surface area contributed by atoms with E-state index in [-0.39, 0.29) is 5.54 Å². The first-order valence-electron chi connectivity index (χ1n) is 8.21. The molecule has 1 aliphatic rings. The summed E-state index contributed by atoms with van der Waals surface area (Å²) in [4.78, 5) is 6.79. The zero-order valence-electron chi connectivity index (χ0n) is 12.9. The van der Waals surface area contributed by atoms with E-state index in [1.807, 2.05) is 18.7 Å². The van der Waals surface area contributed by atoms with Crippen LogP contribution in [0.25, 0.3) is 0 Å². The van der Waals surface area contributed by atoms with Gasteiger partial charge in [-0.05, 0) is 32.2 Å². The van der Waals surface area contributed by atoms with Gasteiger partial charge in [0, 0.05) is 37.6 Å². The third kappa shape index (κ3) is 3.83. The molecule has 1 aliphatic carbocycles. The molecule has 2 N–H and O–H groups in total. The van der Waals surface area contributed by atoms with Gasteiger partial charge in [-0.2, -0.15) is 0 Å². The van der Waals surface area contributed by atoms with E-state index in [1.54, 1.807) is 0 Å². The molecule has 2 rings (SSSR count). The summed E-state index contributed by atoms with van der Waals surface area (Å²) < 4.78 is 2.17. The Labute approximate surface area is 123 Å². The number of hydrogen-bond acceptors (Lipinski definition) is 3. The Balaban J connectivity index is 1.90. The van der Waals surface area contributed by atoms with Crippen LogP contribution in [0.5, 0.6) is 0 Å². The van der Waals surface area contributed by atoms with E-state index >= 15 is 0 Å². The van der Waals surface area contributed by atoms with Gasteiger partial charge in [-0.25, -0.2) is 4.98 Å². The van der Waals surface area contributed by atoms with E-state index in [0.29, 0.717) is 0 Å². The second-order valence-electron chi connectivity index (χ2n) is 6.13. The topological polar surface area (TPSA) is 47.1 Å². The van der Waals surface area contributed by atoms with Crippen molar-refractivity contribution >= 4 is 0 Å². The second kappa shape index (κ2) is 7.79. The lowest BCUT2D eigenvalue weighted by atomic mass is 9.80. The van der Waals surface area contributed by atoms with Gasteiger partial charge in [0.05, 0.1) is 6.33 Å². The molecule has 0 aromatic carbocycles. The highest BCUT2D eigenvalue weighted by atomic mass is 15.2. The van der Waals surface area contributed by atoms with Crippen molar-refractivity contribution in [2.75, 3.05) is 19.6 Å². The molecule has 0 bridgehead atoms. The minimum absolute atomic E-state index is 0.281. The fourth-order valence-corrected chi connectivity index (χ4v) is 3.58. The van der Waals surface area contributed by atoms with Gasteiger partial charge in [0.1, 0.15) is 0 Å². The number of nitrogens with zero attached hydrogens (tertiary/aromatic N) is 3. The van der Waals surface area contributed by atoms with Crippen LogP contribution in [0.2, 0.25) is 0 Å².